The molecule has 0 saturated carbocycles. The van der Waals surface area contributed by atoms with E-state index in [4.69, 9.17) is 5.73 Å². The highest BCUT2D eigenvalue weighted by atomic mass is 32.2. The highest BCUT2D eigenvalue weighted by molar-refractivity contribution is 7.90. The average molecular weight is 208 g/mol. The molecule has 80 valence electrons. The van der Waals surface area contributed by atoms with Crippen LogP contribution in [0.15, 0.2) is 0 Å². The SMILES string of the molecule is CCC(CN)N(C)CCS(C)(=O)=O. The van der Waals surface area contributed by atoms with Crippen molar-refractivity contribution < 1.29 is 8.42 Å². The minimum absolute atomic E-state index is 0.208. The largest absolute Gasteiger partial charge is 0.329 e. The third kappa shape index (κ3) is 6.01. The summed E-state index contributed by atoms with van der Waals surface area (Å²) in [7, 11) is -0.943. The van der Waals surface area contributed by atoms with Crippen molar-refractivity contribution in [3.05, 3.63) is 0 Å². The number of hydrogen-bond donors (Lipinski definition) is 1. The van der Waals surface area contributed by atoms with Gasteiger partial charge in [-0.2, -0.15) is 0 Å². The second-order valence-corrected chi connectivity index (χ2v) is 5.67. The van der Waals surface area contributed by atoms with Gasteiger partial charge in [-0.1, -0.05) is 6.92 Å². The Kier molecular flexibility index (Phi) is 5.51. The molecular weight excluding hydrogens is 188 g/mol. The topological polar surface area (TPSA) is 63.4 Å². The second kappa shape index (κ2) is 5.57. The van der Waals surface area contributed by atoms with Gasteiger partial charge in [-0.15, -0.1) is 0 Å². The molecule has 0 aliphatic heterocycles. The van der Waals surface area contributed by atoms with Gasteiger partial charge in [0.25, 0.3) is 0 Å². The minimum Gasteiger partial charge on any atom is -0.329 e. The summed E-state index contributed by atoms with van der Waals surface area (Å²) >= 11 is 0. The summed E-state index contributed by atoms with van der Waals surface area (Å²) in [5, 5.41) is 0. The highest BCUT2D eigenvalue weighted by Gasteiger charge is 2.12. The lowest BCUT2D eigenvalue weighted by molar-refractivity contribution is 0.254. The quantitative estimate of drug-likeness (QED) is 0.651. The van der Waals surface area contributed by atoms with Crippen LogP contribution >= 0.6 is 0 Å². The van der Waals surface area contributed by atoms with Crippen molar-refractivity contribution in [3.63, 3.8) is 0 Å². The van der Waals surface area contributed by atoms with Crippen LogP contribution in [0.5, 0.6) is 0 Å². The number of rotatable bonds is 6. The van der Waals surface area contributed by atoms with E-state index in [-0.39, 0.29) is 5.75 Å². The molecule has 0 fully saturated rings. The van der Waals surface area contributed by atoms with Crippen molar-refractivity contribution in [2.75, 3.05) is 32.1 Å². The van der Waals surface area contributed by atoms with Crippen LogP contribution in [0.4, 0.5) is 0 Å². The van der Waals surface area contributed by atoms with Gasteiger partial charge in [-0.25, -0.2) is 8.42 Å². The molecule has 5 heteroatoms. The van der Waals surface area contributed by atoms with Crippen LogP contribution in [0.3, 0.4) is 0 Å². The van der Waals surface area contributed by atoms with Gasteiger partial charge in [-0.3, -0.25) is 0 Å². The Hall–Kier alpha value is -0.130. The van der Waals surface area contributed by atoms with E-state index in [1.54, 1.807) is 0 Å². The highest BCUT2D eigenvalue weighted by Crippen LogP contribution is 1.99. The zero-order chi connectivity index (χ0) is 10.5. The summed E-state index contributed by atoms with van der Waals surface area (Å²) in [4.78, 5) is 2.00. The van der Waals surface area contributed by atoms with E-state index < -0.39 is 9.84 Å². The molecule has 0 aromatic rings. The molecule has 0 heterocycles. The monoisotopic (exact) mass is 208 g/mol. The molecule has 1 unspecified atom stereocenters. The van der Waals surface area contributed by atoms with Gasteiger partial charge < -0.3 is 10.6 Å². The molecule has 0 aliphatic carbocycles. The lowest BCUT2D eigenvalue weighted by Crippen LogP contribution is -2.39. The van der Waals surface area contributed by atoms with Crippen LogP contribution < -0.4 is 5.73 Å². The molecule has 2 N–H and O–H groups in total. The first kappa shape index (κ1) is 12.9. The predicted molar refractivity (Wildman–Crippen MR) is 55.5 cm³/mol. The summed E-state index contributed by atoms with van der Waals surface area (Å²) in [6.45, 7) is 3.19. The standard InChI is InChI=1S/C8H20N2O2S/c1-4-8(7-9)10(2)5-6-13(3,11)12/h8H,4-7,9H2,1-3H3. The fourth-order valence-corrected chi connectivity index (χ4v) is 1.77. The molecule has 1 atom stereocenters. The summed E-state index contributed by atoms with van der Waals surface area (Å²) in [6, 6.07) is 0.293. The average Bonchev–Trinajstić information content (AvgIpc) is 2.02. The van der Waals surface area contributed by atoms with Gasteiger partial charge in [-0.05, 0) is 13.5 Å². The molecule has 0 spiro atoms. The molecule has 0 bridgehead atoms. The van der Waals surface area contributed by atoms with Gasteiger partial charge in [0.1, 0.15) is 9.84 Å². The second-order valence-electron chi connectivity index (χ2n) is 3.41. The maximum Gasteiger partial charge on any atom is 0.148 e. The smallest absolute Gasteiger partial charge is 0.148 e. The molecule has 0 aromatic carbocycles. The molecule has 4 nitrogen and oxygen atoms in total. The zero-order valence-electron chi connectivity index (χ0n) is 8.66. The Balaban J connectivity index is 3.92. The Morgan fingerprint density at radius 2 is 2.00 bits per heavy atom. The fourth-order valence-electron chi connectivity index (χ4n) is 1.15. The first-order valence-electron chi connectivity index (χ1n) is 4.48. The van der Waals surface area contributed by atoms with E-state index in [1.807, 2.05) is 11.9 Å². The van der Waals surface area contributed by atoms with Crippen LogP contribution in [0, 0.1) is 0 Å². The number of nitrogens with zero attached hydrogens (tertiary/aromatic N) is 1. The van der Waals surface area contributed by atoms with Crippen LogP contribution in [-0.2, 0) is 9.84 Å². The normalized spacial score (nSPS) is 14.8. The molecule has 0 aromatic heterocycles. The van der Waals surface area contributed by atoms with Crippen molar-refractivity contribution in [3.8, 4) is 0 Å². The molecule has 13 heavy (non-hydrogen) atoms. The summed E-state index contributed by atoms with van der Waals surface area (Å²) in [5.41, 5.74) is 5.53. The summed E-state index contributed by atoms with van der Waals surface area (Å²) in [5.74, 6) is 0.208. The van der Waals surface area contributed by atoms with Crippen LogP contribution in [0.2, 0.25) is 0 Å². The van der Waals surface area contributed by atoms with Gasteiger partial charge in [0.2, 0.25) is 0 Å². The van der Waals surface area contributed by atoms with E-state index in [2.05, 4.69) is 6.92 Å². The van der Waals surface area contributed by atoms with Crippen LogP contribution in [0.25, 0.3) is 0 Å². The third-order valence-corrected chi connectivity index (χ3v) is 3.11. The lowest BCUT2D eigenvalue weighted by Gasteiger charge is -2.25. The molecule has 0 rings (SSSR count). The first-order valence-corrected chi connectivity index (χ1v) is 6.54. The molecule has 0 aliphatic rings. The number of nitrogens with two attached hydrogens (primary N) is 1. The Labute approximate surface area is 81.0 Å². The van der Waals surface area contributed by atoms with Gasteiger partial charge in [0.05, 0.1) is 5.75 Å². The van der Waals surface area contributed by atoms with Crippen molar-refractivity contribution >= 4 is 9.84 Å². The number of likely N-dealkylation sites (N-methyl/N-ethyl adjacent to an activating group) is 1. The van der Waals surface area contributed by atoms with Gasteiger partial charge in [0.15, 0.2) is 0 Å². The van der Waals surface area contributed by atoms with Crippen molar-refractivity contribution in [1.29, 1.82) is 0 Å². The lowest BCUT2D eigenvalue weighted by atomic mass is 10.2. The summed E-state index contributed by atoms with van der Waals surface area (Å²) in [6.07, 6.45) is 2.21. The van der Waals surface area contributed by atoms with E-state index in [1.165, 1.54) is 6.26 Å². The first-order chi connectivity index (χ1) is 5.90. The van der Waals surface area contributed by atoms with Crippen LogP contribution in [-0.4, -0.2) is 51.5 Å². The van der Waals surface area contributed by atoms with Gasteiger partial charge in [0, 0.05) is 25.4 Å². The van der Waals surface area contributed by atoms with Gasteiger partial charge >= 0.3 is 0 Å². The Morgan fingerprint density at radius 1 is 1.46 bits per heavy atom. The predicted octanol–water partition coefficient (Wildman–Crippen LogP) is -0.300. The van der Waals surface area contributed by atoms with E-state index in [9.17, 15) is 8.42 Å². The number of hydrogen-bond acceptors (Lipinski definition) is 4. The van der Waals surface area contributed by atoms with Crippen molar-refractivity contribution in [2.45, 2.75) is 19.4 Å². The molecule has 0 saturated heterocycles. The van der Waals surface area contributed by atoms with Crippen molar-refractivity contribution in [1.82, 2.24) is 4.90 Å². The molecule has 0 amide bonds. The maximum absolute atomic E-state index is 10.9. The molecule has 0 radical (unpaired) electrons. The van der Waals surface area contributed by atoms with E-state index in [0.29, 0.717) is 19.1 Å². The number of sulfone groups is 1. The maximum atomic E-state index is 10.9. The Morgan fingerprint density at radius 3 is 2.31 bits per heavy atom. The minimum atomic E-state index is -2.85. The fraction of sp³-hybridized carbons (Fsp3) is 1.00. The summed E-state index contributed by atoms with van der Waals surface area (Å²) < 4.78 is 21.8. The Bertz CT molecular complexity index is 222. The zero-order valence-corrected chi connectivity index (χ0v) is 9.47. The third-order valence-electron chi connectivity index (χ3n) is 2.18. The van der Waals surface area contributed by atoms with Crippen LogP contribution in [0.1, 0.15) is 13.3 Å². The van der Waals surface area contributed by atoms with E-state index >= 15 is 0 Å². The van der Waals surface area contributed by atoms with E-state index in [0.717, 1.165) is 6.42 Å². The van der Waals surface area contributed by atoms with Crippen molar-refractivity contribution in [2.24, 2.45) is 5.73 Å². The molecular formula is C8H20N2O2S.